The van der Waals surface area contributed by atoms with E-state index >= 15 is 0 Å². The fourth-order valence-electron chi connectivity index (χ4n) is 4.17. The van der Waals surface area contributed by atoms with E-state index in [9.17, 15) is 25.2 Å². The predicted molar refractivity (Wildman–Crippen MR) is 121 cm³/mol. The van der Waals surface area contributed by atoms with Crippen LogP contribution in [0, 0.1) is 0 Å². The van der Waals surface area contributed by atoms with Crippen molar-refractivity contribution in [3.8, 4) is 0 Å². The molecule has 0 aliphatic carbocycles. The Morgan fingerprint density at radius 1 is 0.812 bits per heavy atom. The molecule has 0 aromatic carbocycles. The van der Waals surface area contributed by atoms with Gasteiger partial charge in [0, 0.05) is 0 Å². The normalized spacial score (nSPS) is 26.8. The molecule has 0 spiro atoms. The maximum absolute atomic E-state index is 11.2. The molecule has 1 fully saturated rings. The van der Waals surface area contributed by atoms with E-state index in [1.807, 2.05) is 0 Å². The zero-order valence-corrected chi connectivity index (χ0v) is 19.7. The third-order valence-electron chi connectivity index (χ3n) is 6.21. The molecule has 0 saturated carbocycles. The van der Waals surface area contributed by atoms with Gasteiger partial charge >= 0.3 is 5.97 Å². The monoisotopic (exact) mass is 462 g/mol. The Balaban J connectivity index is 2.21. The van der Waals surface area contributed by atoms with Crippen molar-refractivity contribution in [1.82, 2.24) is 0 Å². The van der Waals surface area contributed by atoms with E-state index in [0.29, 0.717) is 6.42 Å². The van der Waals surface area contributed by atoms with Crippen LogP contribution in [0.25, 0.3) is 0 Å². The van der Waals surface area contributed by atoms with Gasteiger partial charge < -0.3 is 35.0 Å². The highest BCUT2D eigenvalue weighted by molar-refractivity contribution is 5.67. The molecule has 190 valence electrons. The van der Waals surface area contributed by atoms with Crippen LogP contribution in [0.5, 0.6) is 0 Å². The van der Waals surface area contributed by atoms with Gasteiger partial charge in [0.15, 0.2) is 6.29 Å². The van der Waals surface area contributed by atoms with Crippen LogP contribution >= 0.6 is 0 Å². The number of aliphatic hydroxyl groups excluding tert-OH is 4. The first-order valence-electron chi connectivity index (χ1n) is 12.6. The van der Waals surface area contributed by atoms with Crippen molar-refractivity contribution >= 4 is 5.97 Å². The Bertz CT molecular complexity index is 473. The molecule has 1 aliphatic heterocycles. The lowest BCUT2D eigenvalue weighted by Gasteiger charge is -2.40. The van der Waals surface area contributed by atoms with Gasteiger partial charge in [-0.2, -0.15) is 0 Å². The molecule has 1 aliphatic rings. The molecule has 8 heteroatoms. The minimum absolute atomic E-state index is 0.243. The molecule has 1 heterocycles. The Labute approximate surface area is 192 Å². The van der Waals surface area contributed by atoms with Crippen molar-refractivity contribution in [2.24, 2.45) is 0 Å². The molecule has 0 bridgehead atoms. The van der Waals surface area contributed by atoms with Crippen LogP contribution in [0.15, 0.2) is 0 Å². The third-order valence-corrected chi connectivity index (χ3v) is 6.21. The number of rotatable bonds is 19. The highest BCUT2D eigenvalue weighted by Crippen LogP contribution is 2.25. The van der Waals surface area contributed by atoms with Crippen molar-refractivity contribution in [3.63, 3.8) is 0 Å². The first kappa shape index (κ1) is 29.3. The number of hydrogen-bond acceptors (Lipinski definition) is 7. The minimum atomic E-state index is -1.53. The Morgan fingerprint density at radius 2 is 1.31 bits per heavy atom. The SMILES string of the molecule is CCCCCCCCCCCCCCCC(CC(=O)O)OC1O[C@H](CO)[C@H](O)[C@H](O)[C@H]1O. The first-order chi connectivity index (χ1) is 15.4. The topological polar surface area (TPSA) is 137 Å². The second-order valence-corrected chi connectivity index (χ2v) is 9.08. The first-order valence-corrected chi connectivity index (χ1v) is 12.6. The highest BCUT2D eigenvalue weighted by atomic mass is 16.7. The van der Waals surface area contributed by atoms with Crippen molar-refractivity contribution in [2.45, 2.75) is 140 Å². The molecule has 5 N–H and O–H groups in total. The molecule has 6 atom stereocenters. The molecule has 1 rings (SSSR count). The average molecular weight is 463 g/mol. The number of carboxylic acids is 1. The molecule has 0 amide bonds. The summed E-state index contributed by atoms with van der Waals surface area (Å²) in [5, 5.41) is 48.3. The van der Waals surface area contributed by atoms with Crippen LogP contribution in [0.3, 0.4) is 0 Å². The van der Waals surface area contributed by atoms with Crippen LogP contribution in [0.4, 0.5) is 0 Å². The fraction of sp³-hybridized carbons (Fsp3) is 0.958. The number of aliphatic carboxylic acids is 1. The Morgan fingerprint density at radius 3 is 1.78 bits per heavy atom. The summed E-state index contributed by atoms with van der Waals surface area (Å²) in [6, 6.07) is 0. The molecule has 8 nitrogen and oxygen atoms in total. The number of ether oxygens (including phenoxy) is 2. The van der Waals surface area contributed by atoms with Gasteiger partial charge in [-0.15, -0.1) is 0 Å². The van der Waals surface area contributed by atoms with Gasteiger partial charge in [0.2, 0.25) is 0 Å². The number of carbonyl (C=O) groups is 1. The van der Waals surface area contributed by atoms with E-state index in [1.54, 1.807) is 0 Å². The van der Waals surface area contributed by atoms with E-state index in [2.05, 4.69) is 6.92 Å². The zero-order valence-electron chi connectivity index (χ0n) is 19.7. The summed E-state index contributed by atoms with van der Waals surface area (Å²) in [6.07, 6.45) is 8.58. The largest absolute Gasteiger partial charge is 0.481 e. The molecule has 0 aromatic rings. The molecule has 1 saturated heterocycles. The molecule has 32 heavy (non-hydrogen) atoms. The van der Waals surface area contributed by atoms with Crippen LogP contribution in [0.1, 0.15) is 103 Å². The number of hydrogen-bond donors (Lipinski definition) is 5. The minimum Gasteiger partial charge on any atom is -0.481 e. The Hall–Kier alpha value is -0.770. The maximum atomic E-state index is 11.2. The smallest absolute Gasteiger partial charge is 0.305 e. The summed E-state index contributed by atoms with van der Waals surface area (Å²) in [7, 11) is 0. The van der Waals surface area contributed by atoms with E-state index < -0.39 is 49.4 Å². The highest BCUT2D eigenvalue weighted by Gasteiger charge is 2.44. The molecule has 0 radical (unpaired) electrons. The molecule has 0 aromatic heterocycles. The van der Waals surface area contributed by atoms with Crippen LogP contribution in [-0.4, -0.2) is 74.9 Å². The summed E-state index contributed by atoms with van der Waals surface area (Å²) >= 11 is 0. The summed E-state index contributed by atoms with van der Waals surface area (Å²) in [5.41, 5.74) is 0. The number of aliphatic hydroxyl groups is 4. The second-order valence-electron chi connectivity index (χ2n) is 9.08. The fourth-order valence-corrected chi connectivity index (χ4v) is 4.17. The second kappa shape index (κ2) is 17.7. The molecular weight excluding hydrogens is 416 g/mol. The average Bonchev–Trinajstić information content (AvgIpc) is 2.76. The van der Waals surface area contributed by atoms with Crippen LogP contribution in [0.2, 0.25) is 0 Å². The van der Waals surface area contributed by atoms with Gasteiger partial charge in [0.25, 0.3) is 0 Å². The van der Waals surface area contributed by atoms with Crippen molar-refractivity contribution in [3.05, 3.63) is 0 Å². The van der Waals surface area contributed by atoms with Gasteiger partial charge in [-0.3, -0.25) is 4.79 Å². The quantitative estimate of drug-likeness (QED) is 0.185. The number of carboxylic acid groups (broad SMARTS) is 1. The standard InChI is InChI=1S/C24H46O8/c1-2-3-4-5-6-7-8-9-10-11-12-13-14-15-18(16-20(26)27)31-24-23(30)22(29)21(28)19(17-25)32-24/h18-19,21-25,28-30H,2-17H2,1H3,(H,26,27)/t18?,19-,21+,22+,23-,24?/m1/s1. The van der Waals surface area contributed by atoms with Gasteiger partial charge in [-0.25, -0.2) is 0 Å². The van der Waals surface area contributed by atoms with E-state index in [4.69, 9.17) is 14.6 Å². The van der Waals surface area contributed by atoms with Gasteiger partial charge in [-0.05, 0) is 6.42 Å². The number of unbranched alkanes of at least 4 members (excludes halogenated alkanes) is 12. The van der Waals surface area contributed by atoms with Crippen molar-refractivity contribution in [2.75, 3.05) is 6.61 Å². The van der Waals surface area contributed by atoms with Crippen LogP contribution < -0.4 is 0 Å². The molecule has 2 unspecified atom stereocenters. The third kappa shape index (κ3) is 11.9. The summed E-state index contributed by atoms with van der Waals surface area (Å²) in [6.45, 7) is 1.69. The summed E-state index contributed by atoms with van der Waals surface area (Å²) < 4.78 is 11.0. The van der Waals surface area contributed by atoms with Crippen molar-refractivity contribution < 1.29 is 39.8 Å². The van der Waals surface area contributed by atoms with Gasteiger partial charge in [0.1, 0.15) is 24.4 Å². The summed E-state index contributed by atoms with van der Waals surface area (Å²) in [5.74, 6) is -1.02. The lowest BCUT2D eigenvalue weighted by Crippen LogP contribution is -2.59. The van der Waals surface area contributed by atoms with E-state index in [-0.39, 0.29) is 6.42 Å². The Kier molecular flexibility index (Phi) is 16.2. The van der Waals surface area contributed by atoms with E-state index in [1.165, 1.54) is 64.2 Å². The summed E-state index contributed by atoms with van der Waals surface area (Å²) in [4.78, 5) is 11.2. The lowest BCUT2D eigenvalue weighted by atomic mass is 9.99. The zero-order chi connectivity index (χ0) is 23.8. The predicted octanol–water partition coefficient (Wildman–Crippen LogP) is 3.13. The van der Waals surface area contributed by atoms with E-state index in [0.717, 1.165) is 19.3 Å². The molecular formula is C24H46O8. The van der Waals surface area contributed by atoms with Gasteiger partial charge in [0.05, 0.1) is 19.1 Å². The maximum Gasteiger partial charge on any atom is 0.305 e. The van der Waals surface area contributed by atoms with Crippen LogP contribution in [-0.2, 0) is 14.3 Å². The van der Waals surface area contributed by atoms with Gasteiger partial charge in [-0.1, -0.05) is 90.4 Å². The lowest BCUT2D eigenvalue weighted by molar-refractivity contribution is -0.311. The van der Waals surface area contributed by atoms with Crippen molar-refractivity contribution in [1.29, 1.82) is 0 Å².